The maximum Gasteiger partial charge on any atom is 0.407 e. The molecule has 2 saturated carbocycles. The number of carboxylic acid groups (broad SMARTS) is 1. The van der Waals surface area contributed by atoms with Crippen molar-refractivity contribution in [2.45, 2.75) is 57.4 Å². The van der Waals surface area contributed by atoms with Gasteiger partial charge in [-0.25, -0.2) is 4.79 Å². The van der Waals surface area contributed by atoms with Crippen LogP contribution in [0.25, 0.3) is 11.1 Å². The first kappa shape index (κ1) is 23.4. The highest BCUT2D eigenvalue weighted by Crippen LogP contribution is 2.73. The van der Waals surface area contributed by atoms with E-state index in [0.29, 0.717) is 12.8 Å². The molecular weight excluding hydrogens is 444 g/mol. The molecule has 2 aromatic carbocycles. The molecule has 0 bridgehead atoms. The summed E-state index contributed by atoms with van der Waals surface area (Å²) in [4.78, 5) is 37.0. The molecule has 5 rings (SSSR count). The van der Waals surface area contributed by atoms with Gasteiger partial charge in [0.25, 0.3) is 0 Å². The van der Waals surface area contributed by atoms with Gasteiger partial charge in [0.15, 0.2) is 0 Å². The number of ether oxygens (including phenoxy) is 1. The molecule has 35 heavy (non-hydrogen) atoms. The van der Waals surface area contributed by atoms with Gasteiger partial charge in [-0.2, -0.15) is 0 Å². The van der Waals surface area contributed by atoms with Crippen LogP contribution in [-0.4, -0.2) is 42.3 Å². The Labute approximate surface area is 205 Å². The van der Waals surface area contributed by atoms with Crippen molar-refractivity contribution in [3.63, 3.8) is 0 Å². The predicted octanol–water partition coefficient (Wildman–Crippen LogP) is 4.46. The first-order valence-electron chi connectivity index (χ1n) is 12.5. The van der Waals surface area contributed by atoms with Gasteiger partial charge in [-0.15, -0.1) is 0 Å². The lowest BCUT2D eigenvalue weighted by Gasteiger charge is -2.31. The van der Waals surface area contributed by atoms with Crippen LogP contribution in [0.5, 0.6) is 0 Å². The van der Waals surface area contributed by atoms with E-state index in [1.165, 1.54) is 11.1 Å². The first-order chi connectivity index (χ1) is 16.9. The highest BCUT2D eigenvalue weighted by molar-refractivity contribution is 5.83. The number of carbonyl (C=O) groups is 3. The molecule has 3 aliphatic rings. The van der Waals surface area contributed by atoms with Gasteiger partial charge in [0, 0.05) is 24.9 Å². The van der Waals surface area contributed by atoms with E-state index in [9.17, 15) is 19.5 Å². The third-order valence-electron chi connectivity index (χ3n) is 8.43. The Bertz CT molecular complexity index is 1110. The standard InChI is InChI=1S/C28H32N2O5/c1-2-18(14-24(31)29-17-28(25(32)33)16-27(28)12-7-13-27)30-26(34)35-15-23-21-10-5-3-8-19(21)20-9-4-6-11-22(20)23/h3-6,8-11,18,23H,2,7,12-17H2,1H3,(H,29,31)(H,30,34)(H,32,33)/t18-,28?/m0/s1. The fourth-order valence-electron chi connectivity index (χ4n) is 6.07. The lowest BCUT2D eigenvalue weighted by Crippen LogP contribution is -2.43. The van der Waals surface area contributed by atoms with Crippen molar-refractivity contribution in [1.82, 2.24) is 10.6 Å². The predicted molar refractivity (Wildman–Crippen MR) is 131 cm³/mol. The van der Waals surface area contributed by atoms with Crippen LogP contribution in [0, 0.1) is 10.8 Å². The molecule has 0 saturated heterocycles. The molecule has 0 radical (unpaired) electrons. The number of fused-ring (bicyclic) bond motifs is 3. The number of carboxylic acids is 1. The number of benzene rings is 2. The van der Waals surface area contributed by atoms with Gasteiger partial charge in [0.2, 0.25) is 5.91 Å². The third-order valence-corrected chi connectivity index (χ3v) is 8.43. The Morgan fingerprint density at radius 1 is 1.06 bits per heavy atom. The van der Waals surface area contributed by atoms with Gasteiger partial charge in [-0.1, -0.05) is 61.9 Å². The van der Waals surface area contributed by atoms with Crippen LogP contribution in [0.4, 0.5) is 4.79 Å². The minimum atomic E-state index is -0.818. The van der Waals surface area contributed by atoms with E-state index >= 15 is 0 Å². The van der Waals surface area contributed by atoms with E-state index in [4.69, 9.17) is 4.74 Å². The van der Waals surface area contributed by atoms with E-state index in [0.717, 1.165) is 30.4 Å². The van der Waals surface area contributed by atoms with Gasteiger partial charge in [0.1, 0.15) is 6.61 Å². The average Bonchev–Trinajstić information content (AvgIpc) is 3.46. The van der Waals surface area contributed by atoms with Gasteiger partial charge in [-0.05, 0) is 53.4 Å². The van der Waals surface area contributed by atoms with E-state index in [2.05, 4.69) is 34.9 Å². The summed E-state index contributed by atoms with van der Waals surface area (Å²) in [7, 11) is 0. The second-order valence-electron chi connectivity index (χ2n) is 10.3. The smallest absolute Gasteiger partial charge is 0.407 e. The molecule has 2 atom stereocenters. The van der Waals surface area contributed by atoms with E-state index < -0.39 is 17.5 Å². The summed E-state index contributed by atoms with van der Waals surface area (Å²) in [5.41, 5.74) is 3.69. The van der Waals surface area contributed by atoms with Crippen LogP contribution in [0.3, 0.4) is 0 Å². The van der Waals surface area contributed by atoms with Crippen molar-refractivity contribution in [2.75, 3.05) is 13.2 Å². The van der Waals surface area contributed by atoms with Gasteiger partial charge >= 0.3 is 12.1 Å². The largest absolute Gasteiger partial charge is 0.481 e. The van der Waals surface area contributed by atoms with Gasteiger partial charge in [0.05, 0.1) is 5.41 Å². The normalized spacial score (nSPS) is 21.9. The summed E-state index contributed by atoms with van der Waals surface area (Å²) < 4.78 is 5.60. The lowest BCUT2D eigenvalue weighted by atomic mass is 9.75. The molecule has 7 nitrogen and oxygen atoms in total. The monoisotopic (exact) mass is 476 g/mol. The zero-order chi connectivity index (χ0) is 24.6. The Hall–Kier alpha value is -3.35. The quantitative estimate of drug-likeness (QED) is 0.496. The summed E-state index contributed by atoms with van der Waals surface area (Å²) in [6, 6.07) is 15.9. The van der Waals surface area contributed by atoms with E-state index in [-0.39, 0.29) is 42.9 Å². The molecule has 0 aromatic heterocycles. The highest BCUT2D eigenvalue weighted by Gasteiger charge is 2.73. The zero-order valence-electron chi connectivity index (χ0n) is 20.0. The molecule has 184 valence electrons. The Morgan fingerprint density at radius 3 is 2.20 bits per heavy atom. The maximum absolute atomic E-state index is 12.6. The lowest BCUT2D eigenvalue weighted by molar-refractivity contribution is -0.145. The number of carbonyl (C=O) groups excluding carboxylic acids is 2. The third kappa shape index (κ3) is 4.07. The second-order valence-corrected chi connectivity index (χ2v) is 10.3. The number of nitrogens with one attached hydrogen (secondary N) is 2. The van der Waals surface area contributed by atoms with Crippen molar-refractivity contribution in [2.24, 2.45) is 10.8 Å². The summed E-state index contributed by atoms with van der Waals surface area (Å²) >= 11 is 0. The van der Waals surface area contributed by atoms with Gasteiger partial charge < -0.3 is 20.5 Å². The molecule has 1 unspecified atom stereocenters. The SMILES string of the molecule is CC[C@@H](CC(=O)NCC1(C(=O)O)CC12CCC2)NC(=O)OCC1c2ccccc2-c2ccccc21. The van der Waals surface area contributed by atoms with Crippen molar-refractivity contribution in [1.29, 1.82) is 0 Å². The minimum Gasteiger partial charge on any atom is -0.481 e. The Balaban J connectivity index is 1.13. The van der Waals surface area contributed by atoms with Crippen molar-refractivity contribution < 1.29 is 24.2 Å². The molecule has 7 heteroatoms. The van der Waals surface area contributed by atoms with Crippen molar-refractivity contribution in [3.05, 3.63) is 59.7 Å². The topological polar surface area (TPSA) is 105 Å². The Morgan fingerprint density at radius 2 is 1.69 bits per heavy atom. The Kier molecular flexibility index (Phi) is 6.03. The molecule has 1 spiro atoms. The molecule has 3 aliphatic carbocycles. The van der Waals surface area contributed by atoms with Gasteiger partial charge in [-0.3, -0.25) is 9.59 Å². The van der Waals surface area contributed by atoms with Crippen LogP contribution in [0.2, 0.25) is 0 Å². The summed E-state index contributed by atoms with van der Waals surface area (Å²) in [5.74, 6) is -1.10. The molecule has 2 amide bonds. The molecule has 2 aromatic rings. The first-order valence-corrected chi connectivity index (χ1v) is 12.5. The van der Waals surface area contributed by atoms with Crippen LogP contribution >= 0.6 is 0 Å². The van der Waals surface area contributed by atoms with Crippen molar-refractivity contribution in [3.8, 4) is 11.1 Å². The summed E-state index contributed by atoms with van der Waals surface area (Å²) in [6.07, 6.45) is 3.65. The fraction of sp³-hybridized carbons (Fsp3) is 0.464. The van der Waals surface area contributed by atoms with E-state index in [1.807, 2.05) is 31.2 Å². The van der Waals surface area contributed by atoms with Crippen LogP contribution < -0.4 is 10.6 Å². The maximum atomic E-state index is 12.6. The van der Waals surface area contributed by atoms with Crippen molar-refractivity contribution >= 4 is 18.0 Å². The molecule has 0 aliphatic heterocycles. The highest BCUT2D eigenvalue weighted by atomic mass is 16.5. The summed E-state index contributed by atoms with van der Waals surface area (Å²) in [6.45, 7) is 2.26. The average molecular weight is 477 g/mol. The molecule has 2 fully saturated rings. The molecule has 0 heterocycles. The van der Waals surface area contributed by atoms with E-state index in [1.54, 1.807) is 0 Å². The number of aliphatic carboxylic acids is 1. The number of hydrogen-bond acceptors (Lipinski definition) is 4. The molecular formula is C28H32N2O5. The number of hydrogen-bond donors (Lipinski definition) is 3. The molecule has 3 N–H and O–H groups in total. The number of rotatable bonds is 9. The van der Waals surface area contributed by atoms with Crippen LogP contribution in [-0.2, 0) is 14.3 Å². The van der Waals surface area contributed by atoms with Crippen LogP contribution in [0.15, 0.2) is 48.5 Å². The zero-order valence-corrected chi connectivity index (χ0v) is 20.0. The second kappa shape index (κ2) is 9.02. The number of amides is 2. The van der Waals surface area contributed by atoms with Crippen LogP contribution in [0.1, 0.15) is 62.5 Å². The minimum absolute atomic E-state index is 0.0268. The number of alkyl carbamates (subject to hydrolysis) is 1. The fourth-order valence-corrected chi connectivity index (χ4v) is 6.07. The summed E-state index contributed by atoms with van der Waals surface area (Å²) in [5, 5.41) is 15.3.